The highest BCUT2D eigenvalue weighted by atomic mass is 16.6. The first-order chi connectivity index (χ1) is 11.2. The summed E-state index contributed by atoms with van der Waals surface area (Å²) in [4.78, 5) is 41.5. The zero-order valence-electron chi connectivity index (χ0n) is 15.2. The summed E-state index contributed by atoms with van der Waals surface area (Å²) < 4.78 is 5.41. The molecule has 7 nitrogen and oxygen atoms in total. The molecule has 1 heterocycles. The second-order valence-electron chi connectivity index (χ2n) is 7.70. The number of hydrogen-bond acceptors (Lipinski definition) is 4. The minimum Gasteiger partial charge on any atom is -0.444 e. The smallest absolute Gasteiger partial charge is 0.410 e. The van der Waals surface area contributed by atoms with E-state index >= 15 is 0 Å². The Kier molecular flexibility index (Phi) is 5.72. The molecule has 24 heavy (non-hydrogen) atoms. The molecule has 0 aromatic heterocycles. The van der Waals surface area contributed by atoms with Crippen LogP contribution in [0.1, 0.15) is 46.5 Å². The lowest BCUT2D eigenvalue weighted by Gasteiger charge is -2.32. The molecule has 0 aromatic rings. The van der Waals surface area contributed by atoms with Crippen LogP contribution in [0, 0.1) is 5.92 Å². The summed E-state index contributed by atoms with van der Waals surface area (Å²) in [7, 11) is 1.52. The minimum absolute atomic E-state index is 0.124. The van der Waals surface area contributed by atoms with Crippen molar-refractivity contribution in [3.05, 3.63) is 0 Å². The molecule has 4 amide bonds. The van der Waals surface area contributed by atoms with E-state index in [0.29, 0.717) is 32.0 Å². The van der Waals surface area contributed by atoms with Crippen molar-refractivity contribution in [2.24, 2.45) is 5.92 Å². The molecule has 0 radical (unpaired) electrons. The Morgan fingerprint density at radius 2 is 1.83 bits per heavy atom. The Labute approximate surface area is 143 Å². The fraction of sp³-hybridized carbons (Fsp3) is 0.824. The molecule has 0 N–H and O–H groups in total. The molecule has 0 spiro atoms. The standard InChI is InChI=1S/C17H29N3O4/c1-17(2,3)24-16(23)19-9-5-10-20(12-13-6-7-13)15(22)18(4)14(21)8-11-19/h13H,5-12H2,1-4H3. The molecule has 1 aliphatic heterocycles. The predicted molar refractivity (Wildman–Crippen MR) is 89.5 cm³/mol. The first kappa shape index (κ1) is 18.5. The Hall–Kier alpha value is -1.79. The van der Waals surface area contributed by atoms with Crippen LogP contribution < -0.4 is 0 Å². The van der Waals surface area contributed by atoms with Crippen LogP contribution in [-0.2, 0) is 9.53 Å². The van der Waals surface area contributed by atoms with Gasteiger partial charge in [0, 0.05) is 39.6 Å². The van der Waals surface area contributed by atoms with Gasteiger partial charge in [0.25, 0.3) is 0 Å². The summed E-state index contributed by atoms with van der Waals surface area (Å²) in [6.07, 6.45) is 2.69. The SMILES string of the molecule is CN1C(=O)CCN(C(=O)OC(C)(C)C)CCCN(CC2CC2)C1=O. The van der Waals surface area contributed by atoms with Gasteiger partial charge in [-0.2, -0.15) is 0 Å². The monoisotopic (exact) mass is 339 g/mol. The third-order valence-corrected chi connectivity index (χ3v) is 4.21. The van der Waals surface area contributed by atoms with E-state index in [4.69, 9.17) is 4.74 Å². The van der Waals surface area contributed by atoms with Crippen molar-refractivity contribution in [2.45, 2.75) is 52.1 Å². The van der Waals surface area contributed by atoms with Crippen molar-refractivity contribution in [3.63, 3.8) is 0 Å². The van der Waals surface area contributed by atoms with Gasteiger partial charge < -0.3 is 14.5 Å². The highest BCUT2D eigenvalue weighted by molar-refractivity contribution is 5.94. The van der Waals surface area contributed by atoms with Crippen LogP contribution in [0.5, 0.6) is 0 Å². The van der Waals surface area contributed by atoms with Crippen LogP contribution in [0.25, 0.3) is 0 Å². The number of carbonyl (C=O) groups is 3. The summed E-state index contributed by atoms with van der Waals surface area (Å²) in [5.74, 6) is 0.290. The fourth-order valence-corrected chi connectivity index (χ4v) is 2.67. The first-order valence-electron chi connectivity index (χ1n) is 8.71. The van der Waals surface area contributed by atoms with Gasteiger partial charge in [-0.25, -0.2) is 9.59 Å². The van der Waals surface area contributed by atoms with E-state index < -0.39 is 11.7 Å². The molecule has 136 valence electrons. The van der Waals surface area contributed by atoms with Crippen molar-refractivity contribution in [1.82, 2.24) is 14.7 Å². The van der Waals surface area contributed by atoms with Crippen LogP contribution in [0.15, 0.2) is 0 Å². The quantitative estimate of drug-likeness (QED) is 0.774. The van der Waals surface area contributed by atoms with Gasteiger partial charge in [-0.05, 0) is 46.0 Å². The van der Waals surface area contributed by atoms with E-state index in [1.807, 2.05) is 20.8 Å². The molecule has 0 atom stereocenters. The highest BCUT2D eigenvalue weighted by Gasteiger charge is 2.31. The molecule has 2 rings (SSSR count). The summed E-state index contributed by atoms with van der Waals surface area (Å²) in [6, 6.07) is -0.224. The van der Waals surface area contributed by atoms with E-state index in [0.717, 1.165) is 12.8 Å². The lowest BCUT2D eigenvalue weighted by Crippen LogP contribution is -2.48. The second kappa shape index (κ2) is 7.40. The molecular formula is C17H29N3O4. The Balaban J connectivity index is 2.03. The molecule has 1 saturated carbocycles. The third kappa shape index (κ3) is 5.39. The maximum absolute atomic E-state index is 12.5. The van der Waals surface area contributed by atoms with Gasteiger partial charge >= 0.3 is 12.1 Å². The summed E-state index contributed by atoms with van der Waals surface area (Å²) >= 11 is 0. The molecule has 1 saturated heterocycles. The van der Waals surface area contributed by atoms with Gasteiger partial charge in [0.15, 0.2) is 0 Å². The maximum atomic E-state index is 12.5. The van der Waals surface area contributed by atoms with Crippen molar-refractivity contribution >= 4 is 18.0 Å². The molecule has 0 bridgehead atoms. The highest BCUT2D eigenvalue weighted by Crippen LogP contribution is 2.30. The summed E-state index contributed by atoms with van der Waals surface area (Å²) in [5.41, 5.74) is -0.568. The van der Waals surface area contributed by atoms with Gasteiger partial charge in [-0.15, -0.1) is 0 Å². The number of urea groups is 1. The van der Waals surface area contributed by atoms with E-state index in [-0.39, 0.29) is 24.9 Å². The Morgan fingerprint density at radius 1 is 1.17 bits per heavy atom. The van der Waals surface area contributed by atoms with Crippen LogP contribution in [0.2, 0.25) is 0 Å². The summed E-state index contributed by atoms with van der Waals surface area (Å²) in [5, 5.41) is 0. The van der Waals surface area contributed by atoms with Crippen LogP contribution >= 0.6 is 0 Å². The number of carbonyl (C=O) groups excluding carboxylic acids is 3. The van der Waals surface area contributed by atoms with Crippen LogP contribution in [-0.4, -0.2) is 71.6 Å². The van der Waals surface area contributed by atoms with E-state index in [9.17, 15) is 14.4 Å². The lowest BCUT2D eigenvalue weighted by atomic mass is 10.2. The molecule has 0 aromatic carbocycles. The first-order valence-corrected chi connectivity index (χ1v) is 8.71. The molecule has 7 heteroatoms. The van der Waals surface area contributed by atoms with Gasteiger partial charge in [0.1, 0.15) is 5.60 Å². The second-order valence-corrected chi connectivity index (χ2v) is 7.70. The predicted octanol–water partition coefficient (Wildman–Crippen LogP) is 2.31. The van der Waals surface area contributed by atoms with Gasteiger partial charge in [-0.3, -0.25) is 9.69 Å². The largest absolute Gasteiger partial charge is 0.444 e. The van der Waals surface area contributed by atoms with Crippen molar-refractivity contribution < 1.29 is 19.1 Å². The van der Waals surface area contributed by atoms with Gasteiger partial charge in [0.2, 0.25) is 5.91 Å². The number of ether oxygens (including phenoxy) is 1. The molecule has 1 aliphatic carbocycles. The van der Waals surface area contributed by atoms with E-state index in [1.165, 1.54) is 11.9 Å². The number of rotatable bonds is 2. The maximum Gasteiger partial charge on any atom is 0.410 e. The van der Waals surface area contributed by atoms with Gasteiger partial charge in [-0.1, -0.05) is 0 Å². The number of hydrogen-bond donors (Lipinski definition) is 0. The molecule has 2 aliphatic rings. The summed E-state index contributed by atoms with van der Waals surface area (Å²) in [6.45, 7) is 7.47. The average Bonchev–Trinajstić information content (AvgIpc) is 3.28. The van der Waals surface area contributed by atoms with Crippen LogP contribution in [0.4, 0.5) is 9.59 Å². The fourth-order valence-electron chi connectivity index (χ4n) is 2.67. The van der Waals surface area contributed by atoms with Crippen LogP contribution in [0.3, 0.4) is 0 Å². The molecule has 0 unspecified atom stereocenters. The van der Waals surface area contributed by atoms with E-state index in [1.54, 1.807) is 9.80 Å². The van der Waals surface area contributed by atoms with E-state index in [2.05, 4.69) is 0 Å². The van der Waals surface area contributed by atoms with Crippen molar-refractivity contribution in [3.8, 4) is 0 Å². The number of imide groups is 1. The average molecular weight is 339 g/mol. The number of nitrogens with zero attached hydrogens (tertiary/aromatic N) is 3. The zero-order valence-corrected chi connectivity index (χ0v) is 15.2. The zero-order chi connectivity index (χ0) is 17.9. The lowest BCUT2D eigenvalue weighted by molar-refractivity contribution is -0.128. The Morgan fingerprint density at radius 3 is 2.42 bits per heavy atom. The van der Waals surface area contributed by atoms with Crippen molar-refractivity contribution in [1.29, 1.82) is 0 Å². The Bertz CT molecular complexity index is 497. The molecular weight excluding hydrogens is 310 g/mol. The number of amides is 4. The molecule has 2 fully saturated rings. The topological polar surface area (TPSA) is 70.2 Å². The minimum atomic E-state index is -0.568. The van der Waals surface area contributed by atoms with Crippen molar-refractivity contribution in [2.75, 3.05) is 33.2 Å². The third-order valence-electron chi connectivity index (χ3n) is 4.21. The van der Waals surface area contributed by atoms with Gasteiger partial charge in [0.05, 0.1) is 0 Å². The normalized spacial score (nSPS) is 21.1.